The summed E-state index contributed by atoms with van der Waals surface area (Å²) in [7, 11) is 0. The Labute approximate surface area is 153 Å². The first-order chi connectivity index (χ1) is 12.7. The zero-order valence-electron chi connectivity index (χ0n) is 14.8. The average Bonchev–Trinajstić information content (AvgIpc) is 3.21. The van der Waals surface area contributed by atoms with Crippen LogP contribution in [0.1, 0.15) is 30.4 Å². The molecule has 6 nitrogen and oxygen atoms in total. The molecule has 1 saturated heterocycles. The van der Waals surface area contributed by atoms with Gasteiger partial charge in [-0.15, -0.1) is 0 Å². The number of benzene rings is 1. The molecule has 1 aromatic heterocycles. The maximum absolute atomic E-state index is 12.1. The van der Waals surface area contributed by atoms with Crippen LogP contribution in [0.2, 0.25) is 0 Å². The van der Waals surface area contributed by atoms with Crippen LogP contribution < -0.4 is 10.6 Å². The SMILES string of the molecule is O=C(NCc1cccnc1)Nc1ccc(CCC(=O)N2CCCC2)cc1. The van der Waals surface area contributed by atoms with Gasteiger partial charge in [0.25, 0.3) is 0 Å². The van der Waals surface area contributed by atoms with E-state index in [1.807, 2.05) is 41.3 Å². The molecule has 136 valence electrons. The van der Waals surface area contributed by atoms with Crippen LogP contribution in [0.4, 0.5) is 10.5 Å². The lowest BCUT2D eigenvalue weighted by Gasteiger charge is -2.15. The van der Waals surface area contributed by atoms with Gasteiger partial charge in [-0.25, -0.2) is 4.79 Å². The van der Waals surface area contributed by atoms with E-state index in [1.54, 1.807) is 12.4 Å². The molecular weight excluding hydrogens is 328 g/mol. The number of pyridine rings is 1. The molecule has 0 saturated carbocycles. The van der Waals surface area contributed by atoms with Gasteiger partial charge in [-0.2, -0.15) is 0 Å². The van der Waals surface area contributed by atoms with E-state index in [0.29, 0.717) is 13.0 Å². The number of carbonyl (C=O) groups excluding carboxylic acids is 2. The molecule has 6 heteroatoms. The van der Waals surface area contributed by atoms with Crippen molar-refractivity contribution in [3.63, 3.8) is 0 Å². The van der Waals surface area contributed by atoms with E-state index >= 15 is 0 Å². The van der Waals surface area contributed by atoms with Crippen molar-refractivity contribution in [2.24, 2.45) is 0 Å². The zero-order valence-corrected chi connectivity index (χ0v) is 14.8. The number of rotatable bonds is 6. The van der Waals surface area contributed by atoms with E-state index in [9.17, 15) is 9.59 Å². The molecule has 0 atom stereocenters. The lowest BCUT2D eigenvalue weighted by Crippen LogP contribution is -2.28. The van der Waals surface area contributed by atoms with Gasteiger partial charge in [0.15, 0.2) is 0 Å². The molecular formula is C20H24N4O2. The van der Waals surface area contributed by atoms with Gasteiger partial charge in [0.05, 0.1) is 0 Å². The normalized spacial score (nSPS) is 13.5. The number of hydrogen-bond acceptors (Lipinski definition) is 3. The summed E-state index contributed by atoms with van der Waals surface area (Å²) in [6.45, 7) is 2.22. The Morgan fingerprint density at radius 3 is 2.50 bits per heavy atom. The Morgan fingerprint density at radius 1 is 1.04 bits per heavy atom. The highest BCUT2D eigenvalue weighted by Gasteiger charge is 2.17. The number of aromatic nitrogens is 1. The predicted molar refractivity (Wildman–Crippen MR) is 101 cm³/mol. The Morgan fingerprint density at radius 2 is 1.81 bits per heavy atom. The van der Waals surface area contributed by atoms with Crippen molar-refractivity contribution in [2.45, 2.75) is 32.2 Å². The molecule has 3 rings (SSSR count). The van der Waals surface area contributed by atoms with E-state index in [4.69, 9.17) is 0 Å². The van der Waals surface area contributed by atoms with Gasteiger partial charge in [-0.1, -0.05) is 18.2 Å². The van der Waals surface area contributed by atoms with Crippen molar-refractivity contribution in [3.8, 4) is 0 Å². The third kappa shape index (κ3) is 5.31. The zero-order chi connectivity index (χ0) is 18.2. The quantitative estimate of drug-likeness (QED) is 0.839. The monoisotopic (exact) mass is 352 g/mol. The van der Waals surface area contributed by atoms with Crippen molar-refractivity contribution in [2.75, 3.05) is 18.4 Å². The summed E-state index contributed by atoms with van der Waals surface area (Å²) < 4.78 is 0. The minimum atomic E-state index is -0.259. The van der Waals surface area contributed by atoms with E-state index in [1.165, 1.54) is 0 Å². The molecule has 2 N–H and O–H groups in total. The van der Waals surface area contributed by atoms with Crippen LogP contribution in [0.25, 0.3) is 0 Å². The number of aryl methyl sites for hydroxylation is 1. The highest BCUT2D eigenvalue weighted by Crippen LogP contribution is 2.14. The second-order valence-electron chi connectivity index (χ2n) is 6.45. The fourth-order valence-corrected chi connectivity index (χ4v) is 2.99. The van der Waals surface area contributed by atoms with E-state index < -0.39 is 0 Å². The number of carbonyl (C=O) groups is 2. The van der Waals surface area contributed by atoms with Crippen LogP contribution in [0.3, 0.4) is 0 Å². The summed E-state index contributed by atoms with van der Waals surface area (Å²) in [4.78, 5) is 30.0. The van der Waals surface area contributed by atoms with Gasteiger partial charge in [0.2, 0.25) is 5.91 Å². The van der Waals surface area contributed by atoms with Gasteiger partial charge in [-0.3, -0.25) is 9.78 Å². The van der Waals surface area contributed by atoms with Gasteiger partial charge in [0, 0.05) is 44.1 Å². The lowest BCUT2D eigenvalue weighted by atomic mass is 10.1. The maximum atomic E-state index is 12.1. The number of anilines is 1. The molecule has 0 unspecified atom stereocenters. The Kier molecular flexibility index (Phi) is 6.19. The van der Waals surface area contributed by atoms with Gasteiger partial charge in [0.1, 0.15) is 0 Å². The minimum Gasteiger partial charge on any atom is -0.343 e. The van der Waals surface area contributed by atoms with Gasteiger partial charge >= 0.3 is 6.03 Å². The van der Waals surface area contributed by atoms with Crippen molar-refractivity contribution in [1.29, 1.82) is 0 Å². The fourth-order valence-electron chi connectivity index (χ4n) is 2.99. The van der Waals surface area contributed by atoms with Crippen LogP contribution in [-0.4, -0.2) is 34.9 Å². The minimum absolute atomic E-state index is 0.236. The number of nitrogens with zero attached hydrogens (tertiary/aromatic N) is 2. The number of nitrogens with one attached hydrogen (secondary N) is 2. The Bertz CT molecular complexity index is 725. The number of amides is 3. The molecule has 1 aromatic carbocycles. The van der Waals surface area contributed by atoms with Crippen molar-refractivity contribution in [1.82, 2.24) is 15.2 Å². The highest BCUT2D eigenvalue weighted by molar-refractivity contribution is 5.89. The molecule has 3 amide bonds. The fraction of sp³-hybridized carbons (Fsp3) is 0.350. The topological polar surface area (TPSA) is 74.3 Å². The molecule has 2 heterocycles. The molecule has 1 aliphatic rings. The maximum Gasteiger partial charge on any atom is 0.319 e. The standard InChI is InChI=1S/C20H24N4O2/c25-19(24-12-1-2-13-24)10-7-16-5-8-18(9-6-16)23-20(26)22-15-17-4-3-11-21-14-17/h3-6,8-9,11,14H,1-2,7,10,12-13,15H2,(H2,22,23,26). The van der Waals surface area contributed by atoms with Crippen LogP contribution in [0.15, 0.2) is 48.8 Å². The number of likely N-dealkylation sites (tertiary alicyclic amines) is 1. The summed E-state index contributed by atoms with van der Waals surface area (Å²) in [5.41, 5.74) is 2.77. The average molecular weight is 352 g/mol. The number of urea groups is 1. The first kappa shape index (κ1) is 17.9. The molecule has 26 heavy (non-hydrogen) atoms. The summed E-state index contributed by atoms with van der Waals surface area (Å²) in [5, 5.41) is 5.60. The predicted octanol–water partition coefficient (Wildman–Crippen LogP) is 2.96. The summed E-state index contributed by atoms with van der Waals surface area (Å²) >= 11 is 0. The largest absolute Gasteiger partial charge is 0.343 e. The molecule has 0 spiro atoms. The second-order valence-corrected chi connectivity index (χ2v) is 6.45. The molecule has 0 radical (unpaired) electrons. The third-order valence-electron chi connectivity index (χ3n) is 4.47. The first-order valence-corrected chi connectivity index (χ1v) is 9.01. The van der Waals surface area contributed by atoms with Crippen LogP contribution in [-0.2, 0) is 17.8 Å². The Balaban J connectivity index is 1.42. The highest BCUT2D eigenvalue weighted by atomic mass is 16.2. The van der Waals surface area contributed by atoms with Crippen molar-refractivity contribution >= 4 is 17.6 Å². The van der Waals surface area contributed by atoms with Crippen LogP contribution >= 0.6 is 0 Å². The molecule has 0 bridgehead atoms. The molecule has 1 fully saturated rings. The summed E-state index contributed by atoms with van der Waals surface area (Å²) in [6, 6.07) is 11.1. The first-order valence-electron chi connectivity index (χ1n) is 9.01. The second kappa shape index (κ2) is 8.99. The molecule has 2 aromatic rings. The Hall–Kier alpha value is -2.89. The van der Waals surface area contributed by atoms with E-state index in [0.717, 1.165) is 49.2 Å². The third-order valence-corrected chi connectivity index (χ3v) is 4.47. The number of hydrogen-bond donors (Lipinski definition) is 2. The molecule has 0 aliphatic carbocycles. The van der Waals surface area contributed by atoms with Gasteiger partial charge < -0.3 is 15.5 Å². The van der Waals surface area contributed by atoms with Crippen LogP contribution in [0.5, 0.6) is 0 Å². The lowest BCUT2D eigenvalue weighted by molar-refractivity contribution is -0.130. The van der Waals surface area contributed by atoms with Gasteiger partial charge in [-0.05, 0) is 48.6 Å². The smallest absolute Gasteiger partial charge is 0.319 e. The van der Waals surface area contributed by atoms with Crippen molar-refractivity contribution < 1.29 is 9.59 Å². The van der Waals surface area contributed by atoms with E-state index in [2.05, 4.69) is 15.6 Å². The van der Waals surface area contributed by atoms with Crippen LogP contribution in [0, 0.1) is 0 Å². The summed E-state index contributed by atoms with van der Waals surface area (Å²) in [5.74, 6) is 0.236. The van der Waals surface area contributed by atoms with Crippen molar-refractivity contribution in [3.05, 3.63) is 59.9 Å². The van der Waals surface area contributed by atoms with E-state index in [-0.39, 0.29) is 11.9 Å². The molecule has 1 aliphatic heterocycles. The summed E-state index contributed by atoms with van der Waals surface area (Å²) in [6.07, 6.45) is 6.92.